The number of carboxylic acid groups (broad SMARTS) is 1. The van der Waals surface area contributed by atoms with E-state index in [0.717, 1.165) is 16.3 Å². The molecule has 2 amide bonds. The minimum absolute atomic E-state index is 0.0791. The first-order valence-corrected chi connectivity index (χ1v) is 9.26. The van der Waals surface area contributed by atoms with Gasteiger partial charge in [-0.2, -0.15) is 0 Å². The fourth-order valence-electron chi connectivity index (χ4n) is 2.95. The molecule has 0 heterocycles. The highest BCUT2D eigenvalue weighted by Gasteiger charge is 2.28. The van der Waals surface area contributed by atoms with E-state index in [1.165, 1.54) is 0 Å². The van der Waals surface area contributed by atoms with Gasteiger partial charge in [0.1, 0.15) is 6.04 Å². The van der Waals surface area contributed by atoms with Crippen LogP contribution in [0.3, 0.4) is 0 Å². The van der Waals surface area contributed by atoms with Crippen molar-refractivity contribution in [1.82, 2.24) is 10.6 Å². The first-order valence-electron chi connectivity index (χ1n) is 9.26. The van der Waals surface area contributed by atoms with Crippen LogP contribution in [0, 0.1) is 5.92 Å². The highest BCUT2D eigenvalue weighted by molar-refractivity contribution is 6.59. The molecule has 2 aromatic rings. The summed E-state index contributed by atoms with van der Waals surface area (Å²) in [5.41, 5.74) is -0.157. The minimum Gasteiger partial charge on any atom is -0.481 e. The van der Waals surface area contributed by atoms with Gasteiger partial charge in [0.2, 0.25) is 11.8 Å². The van der Waals surface area contributed by atoms with Crippen molar-refractivity contribution >= 4 is 42.1 Å². The Hall–Kier alpha value is -3.16. The van der Waals surface area contributed by atoms with E-state index in [-0.39, 0.29) is 18.2 Å². The largest absolute Gasteiger partial charge is 0.481 e. The first-order chi connectivity index (χ1) is 13.7. The minimum atomic E-state index is -1.35. The topological polar surface area (TPSA) is 113 Å². The van der Waals surface area contributed by atoms with Crippen LogP contribution in [0.2, 0.25) is 0 Å². The molecule has 2 rings (SSSR count). The molecular weight excluding hydrogens is 371 g/mol. The molecular formula is C21H23BN2O5. The van der Waals surface area contributed by atoms with Gasteiger partial charge in [0.05, 0.1) is 24.6 Å². The molecule has 8 heteroatoms. The molecule has 0 aliphatic heterocycles. The van der Waals surface area contributed by atoms with E-state index in [4.69, 9.17) is 13.0 Å². The highest BCUT2D eigenvalue weighted by Crippen LogP contribution is 2.16. The van der Waals surface area contributed by atoms with E-state index >= 15 is 0 Å². The number of hydrogen-bond acceptors (Lipinski definition) is 4. The van der Waals surface area contributed by atoms with Gasteiger partial charge in [-0.3, -0.25) is 14.4 Å². The zero-order valence-corrected chi connectivity index (χ0v) is 16.3. The summed E-state index contributed by atoms with van der Waals surface area (Å²) in [4.78, 5) is 47.2. The summed E-state index contributed by atoms with van der Waals surface area (Å²) in [7, 11) is 5.15. The van der Waals surface area contributed by atoms with Gasteiger partial charge in [-0.25, -0.2) is 0 Å². The first kappa shape index (κ1) is 22.1. The number of carboxylic acids is 1. The summed E-state index contributed by atoms with van der Waals surface area (Å²) in [6.45, 7) is 3.47. The van der Waals surface area contributed by atoms with Crippen molar-refractivity contribution in [1.29, 1.82) is 0 Å². The normalized spacial score (nSPS) is 12.9. The Labute approximate surface area is 170 Å². The molecule has 7 nitrogen and oxygen atoms in total. The molecule has 2 aromatic carbocycles. The van der Waals surface area contributed by atoms with Crippen molar-refractivity contribution in [2.24, 2.45) is 5.92 Å². The summed E-state index contributed by atoms with van der Waals surface area (Å²) in [5, 5.41) is 15.9. The molecule has 0 spiro atoms. The number of amides is 2. The van der Waals surface area contributed by atoms with Gasteiger partial charge in [-0.05, 0) is 22.3 Å². The Morgan fingerprint density at radius 2 is 1.66 bits per heavy atom. The van der Waals surface area contributed by atoms with Crippen LogP contribution in [0.5, 0.6) is 0 Å². The van der Waals surface area contributed by atoms with E-state index in [0.29, 0.717) is 0 Å². The molecule has 0 saturated heterocycles. The third kappa shape index (κ3) is 6.45. The maximum atomic E-state index is 12.5. The Balaban J connectivity index is 2.05. The maximum Gasteiger partial charge on any atom is 0.305 e. The van der Waals surface area contributed by atoms with Crippen molar-refractivity contribution in [3.63, 3.8) is 0 Å². The molecule has 2 radical (unpaired) electrons. The van der Waals surface area contributed by atoms with Gasteiger partial charge in [0.25, 0.3) is 0 Å². The van der Waals surface area contributed by atoms with Crippen LogP contribution >= 0.6 is 0 Å². The molecule has 0 aliphatic carbocycles. The van der Waals surface area contributed by atoms with Crippen molar-refractivity contribution in [2.75, 3.05) is 0 Å². The number of carbonyl (C=O) groups is 4. The Bertz CT molecular complexity index is 928. The summed E-state index contributed by atoms with van der Waals surface area (Å²) in [6, 6.07) is 11.2. The average molecular weight is 394 g/mol. The quantitative estimate of drug-likeness (QED) is 0.553. The number of carbonyl (C=O) groups excluding carboxylic acids is 3. The SMILES string of the molecule is [B]C(=O)[C@H](CC(=O)O)NC(=O)[C@@H](NC(=O)Cc1ccc2ccccc2c1)C(C)C. The predicted molar refractivity (Wildman–Crippen MR) is 109 cm³/mol. The van der Waals surface area contributed by atoms with Crippen molar-refractivity contribution in [2.45, 2.75) is 38.8 Å². The summed E-state index contributed by atoms with van der Waals surface area (Å²) < 4.78 is 0. The van der Waals surface area contributed by atoms with Crippen LogP contribution in [-0.2, 0) is 25.6 Å². The fraction of sp³-hybridized carbons (Fsp3) is 0.333. The number of aliphatic carboxylic acids is 1. The van der Waals surface area contributed by atoms with E-state index in [1.807, 2.05) is 42.5 Å². The summed E-state index contributed by atoms with van der Waals surface area (Å²) >= 11 is 0. The number of fused-ring (bicyclic) bond motifs is 1. The second kappa shape index (κ2) is 9.86. The lowest BCUT2D eigenvalue weighted by atomic mass is 9.92. The molecule has 29 heavy (non-hydrogen) atoms. The van der Waals surface area contributed by atoms with Crippen LogP contribution in [0.1, 0.15) is 25.8 Å². The number of nitrogens with one attached hydrogen (secondary N) is 2. The molecule has 0 fully saturated rings. The van der Waals surface area contributed by atoms with Crippen LogP contribution in [0.4, 0.5) is 0 Å². The smallest absolute Gasteiger partial charge is 0.305 e. The van der Waals surface area contributed by atoms with Gasteiger partial charge in [-0.15, -0.1) is 0 Å². The molecule has 3 N–H and O–H groups in total. The van der Waals surface area contributed by atoms with Crippen molar-refractivity contribution in [3.05, 3.63) is 48.0 Å². The highest BCUT2D eigenvalue weighted by atomic mass is 16.4. The average Bonchev–Trinajstić information content (AvgIpc) is 2.64. The molecule has 0 unspecified atom stereocenters. The van der Waals surface area contributed by atoms with Crippen LogP contribution in [0.15, 0.2) is 42.5 Å². The Morgan fingerprint density at radius 3 is 2.24 bits per heavy atom. The number of rotatable bonds is 9. The Kier molecular flexibility index (Phi) is 7.53. The van der Waals surface area contributed by atoms with E-state index in [2.05, 4.69) is 10.6 Å². The zero-order chi connectivity index (χ0) is 21.6. The number of hydrogen-bond donors (Lipinski definition) is 3. The second-order valence-electron chi connectivity index (χ2n) is 7.21. The molecule has 2 atom stereocenters. The second-order valence-corrected chi connectivity index (χ2v) is 7.21. The third-order valence-electron chi connectivity index (χ3n) is 4.48. The molecule has 0 aromatic heterocycles. The summed E-state index contributed by atoms with van der Waals surface area (Å²) in [5.74, 6) is -2.57. The Morgan fingerprint density at radius 1 is 1.00 bits per heavy atom. The van der Waals surface area contributed by atoms with Crippen LogP contribution in [0.25, 0.3) is 10.8 Å². The van der Waals surface area contributed by atoms with E-state index in [9.17, 15) is 19.2 Å². The van der Waals surface area contributed by atoms with E-state index < -0.39 is 36.1 Å². The molecule has 150 valence electrons. The monoisotopic (exact) mass is 394 g/mol. The molecule has 0 bridgehead atoms. The van der Waals surface area contributed by atoms with Gasteiger partial charge in [0.15, 0.2) is 7.85 Å². The standard InChI is InChI=1S/C21H23BN2O5/c1-12(2)19(21(29)23-16(20(22)28)11-18(26)27)24-17(25)10-13-7-8-14-5-3-4-6-15(14)9-13/h3-9,12,16,19H,10-11H2,1-2H3,(H,23,29)(H,24,25)(H,26,27)/t16-,19-/m0/s1. The third-order valence-corrected chi connectivity index (χ3v) is 4.48. The lowest BCUT2D eigenvalue weighted by molar-refractivity contribution is -0.139. The molecule has 0 aliphatic rings. The van der Waals surface area contributed by atoms with Gasteiger partial charge < -0.3 is 20.5 Å². The van der Waals surface area contributed by atoms with Crippen molar-refractivity contribution < 1.29 is 24.3 Å². The van der Waals surface area contributed by atoms with Crippen LogP contribution < -0.4 is 10.6 Å². The van der Waals surface area contributed by atoms with Crippen molar-refractivity contribution in [3.8, 4) is 0 Å². The van der Waals surface area contributed by atoms with Gasteiger partial charge >= 0.3 is 5.97 Å². The fourth-order valence-corrected chi connectivity index (χ4v) is 2.95. The summed E-state index contributed by atoms with van der Waals surface area (Å²) in [6.07, 6.45) is -0.549. The number of benzene rings is 2. The molecule has 0 saturated carbocycles. The van der Waals surface area contributed by atoms with Crippen LogP contribution in [-0.4, -0.2) is 48.5 Å². The lowest BCUT2D eigenvalue weighted by Crippen LogP contribution is -2.54. The predicted octanol–water partition coefficient (Wildman–Crippen LogP) is 1.18. The van der Waals surface area contributed by atoms with Gasteiger partial charge in [-0.1, -0.05) is 56.3 Å². The van der Waals surface area contributed by atoms with E-state index in [1.54, 1.807) is 13.8 Å². The maximum absolute atomic E-state index is 12.5. The van der Waals surface area contributed by atoms with Gasteiger partial charge in [0, 0.05) is 0 Å². The zero-order valence-electron chi connectivity index (χ0n) is 16.3. The lowest BCUT2D eigenvalue weighted by Gasteiger charge is -2.24.